The van der Waals surface area contributed by atoms with Crippen molar-refractivity contribution in [2.24, 2.45) is 0 Å². The lowest BCUT2D eigenvalue weighted by molar-refractivity contribution is -0.192. The molecule has 2 saturated heterocycles. The molecule has 0 atom stereocenters. The van der Waals surface area contributed by atoms with E-state index in [4.69, 9.17) is 14.6 Å². The number of nitrogens with zero attached hydrogens (tertiary/aromatic N) is 3. The van der Waals surface area contributed by atoms with Crippen molar-refractivity contribution in [3.8, 4) is 0 Å². The van der Waals surface area contributed by atoms with Crippen molar-refractivity contribution < 1.29 is 45.4 Å². The van der Waals surface area contributed by atoms with Crippen LogP contribution in [0.25, 0.3) is 0 Å². The van der Waals surface area contributed by atoms with Gasteiger partial charge in [-0.05, 0) is 18.6 Å². The second-order valence-electron chi connectivity index (χ2n) is 8.35. The molecular weight excluding hydrogens is 524 g/mol. The van der Waals surface area contributed by atoms with Crippen molar-refractivity contribution in [1.82, 2.24) is 19.4 Å². The first-order valence-electron chi connectivity index (χ1n) is 11.7. The number of hydrogen-bond donors (Lipinski definition) is 2. The summed E-state index contributed by atoms with van der Waals surface area (Å²) in [5, 5.41) is 10.3. The molecule has 210 valence electrons. The average Bonchev–Trinajstić information content (AvgIpc) is 2.87. The summed E-state index contributed by atoms with van der Waals surface area (Å²) in [7, 11) is -3.47. The number of aliphatic carboxylic acids is 1. The zero-order valence-electron chi connectivity index (χ0n) is 20.3. The minimum atomic E-state index is -5.08. The summed E-state index contributed by atoms with van der Waals surface area (Å²) in [6.07, 6.45) is -4.39. The number of nitrogens with one attached hydrogen (secondary N) is 1. The summed E-state index contributed by atoms with van der Waals surface area (Å²) in [6, 6.07) is 5.83. The van der Waals surface area contributed by atoms with E-state index in [2.05, 4.69) is 10.2 Å². The van der Waals surface area contributed by atoms with E-state index in [1.807, 2.05) is 0 Å². The van der Waals surface area contributed by atoms with Crippen molar-refractivity contribution in [2.75, 3.05) is 77.9 Å². The third kappa shape index (κ3) is 10.5. The number of carbonyl (C=O) groups is 2. The number of piperazine rings is 1. The summed E-state index contributed by atoms with van der Waals surface area (Å²) in [5.41, 5.74) is -0.0246. The number of rotatable bonds is 9. The highest BCUT2D eigenvalue weighted by Gasteiger charge is 2.38. The van der Waals surface area contributed by atoms with Crippen LogP contribution < -0.4 is 5.32 Å². The maximum absolute atomic E-state index is 14.2. The molecule has 0 spiro atoms. The fourth-order valence-corrected chi connectivity index (χ4v) is 5.16. The Hall–Kier alpha value is -2.33. The molecule has 1 aromatic carbocycles. The van der Waals surface area contributed by atoms with E-state index in [0.717, 1.165) is 19.6 Å². The fourth-order valence-electron chi connectivity index (χ4n) is 3.71. The van der Waals surface area contributed by atoms with Gasteiger partial charge in [-0.3, -0.25) is 9.69 Å². The molecule has 0 bridgehead atoms. The van der Waals surface area contributed by atoms with E-state index < -0.39 is 33.9 Å². The lowest BCUT2D eigenvalue weighted by Gasteiger charge is -2.30. The van der Waals surface area contributed by atoms with Gasteiger partial charge in [0.1, 0.15) is 5.82 Å². The predicted molar refractivity (Wildman–Crippen MR) is 126 cm³/mol. The van der Waals surface area contributed by atoms with E-state index in [-0.39, 0.29) is 17.9 Å². The molecule has 2 heterocycles. The Labute approximate surface area is 213 Å². The van der Waals surface area contributed by atoms with Crippen LogP contribution in [0.5, 0.6) is 0 Å². The molecule has 2 aliphatic heterocycles. The van der Waals surface area contributed by atoms with Gasteiger partial charge in [-0.2, -0.15) is 17.5 Å². The fraction of sp³-hybridized carbons (Fsp3) is 0.636. The first-order chi connectivity index (χ1) is 17.4. The highest BCUT2D eigenvalue weighted by molar-refractivity contribution is 7.89. The topological polar surface area (TPSA) is 119 Å². The van der Waals surface area contributed by atoms with Crippen LogP contribution in [0.4, 0.5) is 17.6 Å². The minimum Gasteiger partial charge on any atom is -0.475 e. The Balaban J connectivity index is 0.000000604. The number of carbonyl (C=O) groups excluding carboxylic acids is 1. The molecule has 0 unspecified atom stereocenters. The number of amides is 1. The number of ether oxygens (including phenoxy) is 1. The van der Waals surface area contributed by atoms with Gasteiger partial charge in [0.15, 0.2) is 0 Å². The molecule has 0 aromatic heterocycles. The van der Waals surface area contributed by atoms with E-state index in [0.29, 0.717) is 52.4 Å². The van der Waals surface area contributed by atoms with E-state index in [9.17, 15) is 30.8 Å². The molecule has 2 aliphatic rings. The number of hydrogen-bond acceptors (Lipinski definition) is 7. The summed E-state index contributed by atoms with van der Waals surface area (Å²) < 4.78 is 78.1. The maximum atomic E-state index is 14.2. The minimum absolute atomic E-state index is 0.0246. The molecule has 1 aromatic rings. The van der Waals surface area contributed by atoms with Gasteiger partial charge in [0, 0.05) is 58.9 Å². The summed E-state index contributed by atoms with van der Waals surface area (Å²) in [5.74, 6) is -3.98. The van der Waals surface area contributed by atoms with Crippen molar-refractivity contribution in [1.29, 1.82) is 0 Å². The second-order valence-corrected chi connectivity index (χ2v) is 10.4. The Morgan fingerprint density at radius 2 is 1.65 bits per heavy atom. The molecular formula is C22H32F4N4O6S. The highest BCUT2D eigenvalue weighted by Crippen LogP contribution is 2.14. The number of halogens is 4. The third-order valence-corrected chi connectivity index (χ3v) is 7.58. The van der Waals surface area contributed by atoms with Crippen LogP contribution in [0.2, 0.25) is 0 Å². The number of carboxylic acid groups (broad SMARTS) is 1. The van der Waals surface area contributed by atoms with Gasteiger partial charge in [0.25, 0.3) is 5.91 Å². The van der Waals surface area contributed by atoms with Gasteiger partial charge in [0.2, 0.25) is 10.0 Å². The zero-order chi connectivity index (χ0) is 27.5. The van der Waals surface area contributed by atoms with Gasteiger partial charge >= 0.3 is 12.1 Å². The lowest BCUT2D eigenvalue weighted by atomic mass is 10.2. The molecule has 2 N–H and O–H groups in total. The highest BCUT2D eigenvalue weighted by atomic mass is 32.2. The molecule has 10 nitrogen and oxygen atoms in total. The Kier molecular flexibility index (Phi) is 12.2. The summed E-state index contributed by atoms with van der Waals surface area (Å²) >= 11 is 0. The average molecular weight is 557 g/mol. The summed E-state index contributed by atoms with van der Waals surface area (Å²) in [6.45, 7) is 6.40. The van der Waals surface area contributed by atoms with Crippen LogP contribution in [-0.2, 0) is 19.6 Å². The number of alkyl halides is 3. The predicted octanol–water partition coefficient (Wildman–Crippen LogP) is 0.859. The SMILES string of the molecule is O=C(O)C(F)(F)F.O=C(c1ccccc1F)N(CCCN1CCOCC1)CCS(=O)(=O)N1CCNCC1. The van der Waals surface area contributed by atoms with E-state index in [1.165, 1.54) is 27.4 Å². The normalized spacial score (nSPS) is 17.5. The van der Waals surface area contributed by atoms with Crippen LogP contribution in [0.1, 0.15) is 16.8 Å². The standard InChI is InChI=1S/C20H31FN4O4S.C2HF3O2/c21-19-5-2-1-4-18(19)20(26)24(9-3-8-23-12-15-29-16-13-23)14-17-30(27,28)25-10-6-22-7-11-25;3-2(4,5)1(6)7/h1-2,4-5,22H,3,6-17H2;(H,6,7). The van der Waals surface area contributed by atoms with E-state index >= 15 is 0 Å². The van der Waals surface area contributed by atoms with Crippen molar-refractivity contribution >= 4 is 21.9 Å². The number of morpholine rings is 1. The second kappa shape index (κ2) is 14.6. The number of benzene rings is 1. The van der Waals surface area contributed by atoms with Gasteiger partial charge < -0.3 is 20.1 Å². The van der Waals surface area contributed by atoms with E-state index in [1.54, 1.807) is 6.07 Å². The van der Waals surface area contributed by atoms with Crippen molar-refractivity contribution in [3.05, 3.63) is 35.6 Å². The van der Waals surface area contributed by atoms with Crippen LogP contribution in [0, 0.1) is 5.82 Å². The van der Waals surface area contributed by atoms with Gasteiger partial charge in [-0.1, -0.05) is 12.1 Å². The molecule has 2 fully saturated rings. The number of carboxylic acids is 1. The van der Waals surface area contributed by atoms with Gasteiger partial charge in [-0.25, -0.2) is 17.6 Å². The van der Waals surface area contributed by atoms with Crippen molar-refractivity contribution in [3.63, 3.8) is 0 Å². The van der Waals surface area contributed by atoms with Gasteiger partial charge in [-0.15, -0.1) is 0 Å². The number of sulfonamides is 1. The summed E-state index contributed by atoms with van der Waals surface area (Å²) in [4.78, 5) is 25.6. The third-order valence-electron chi connectivity index (χ3n) is 5.73. The lowest BCUT2D eigenvalue weighted by Crippen LogP contribution is -2.48. The van der Waals surface area contributed by atoms with Crippen LogP contribution in [-0.4, -0.2) is 124 Å². The first kappa shape index (κ1) is 30.9. The quantitative estimate of drug-likeness (QED) is 0.430. The van der Waals surface area contributed by atoms with Crippen molar-refractivity contribution in [2.45, 2.75) is 12.6 Å². The maximum Gasteiger partial charge on any atom is 0.490 e. The van der Waals surface area contributed by atoms with Crippen LogP contribution in [0.3, 0.4) is 0 Å². The largest absolute Gasteiger partial charge is 0.490 e. The molecule has 0 saturated carbocycles. The monoisotopic (exact) mass is 556 g/mol. The smallest absolute Gasteiger partial charge is 0.475 e. The Morgan fingerprint density at radius 3 is 2.22 bits per heavy atom. The molecule has 3 rings (SSSR count). The first-order valence-corrected chi connectivity index (χ1v) is 13.4. The van der Waals surface area contributed by atoms with Crippen LogP contribution >= 0.6 is 0 Å². The van der Waals surface area contributed by atoms with Gasteiger partial charge in [0.05, 0.1) is 24.5 Å². The zero-order valence-corrected chi connectivity index (χ0v) is 21.1. The molecule has 15 heteroatoms. The van der Waals surface area contributed by atoms with Crippen LogP contribution in [0.15, 0.2) is 24.3 Å². The molecule has 1 amide bonds. The Morgan fingerprint density at radius 1 is 1.05 bits per heavy atom. The Bertz CT molecular complexity index is 984. The molecule has 37 heavy (non-hydrogen) atoms. The molecule has 0 aliphatic carbocycles. The molecule has 0 radical (unpaired) electrons.